The molecule has 1 saturated heterocycles. The van der Waals surface area contributed by atoms with Crippen LogP contribution in [0.15, 0.2) is 71.1 Å². The molecule has 1 fully saturated rings. The van der Waals surface area contributed by atoms with E-state index in [1.807, 2.05) is 42.5 Å². The number of hydrogen-bond acceptors (Lipinski definition) is 7. The van der Waals surface area contributed by atoms with Crippen molar-refractivity contribution in [3.63, 3.8) is 0 Å². The van der Waals surface area contributed by atoms with Gasteiger partial charge in [-0.3, -0.25) is 4.79 Å². The predicted molar refractivity (Wildman–Crippen MR) is 133 cm³/mol. The number of azide groups is 1. The summed E-state index contributed by atoms with van der Waals surface area (Å²) in [4.78, 5) is 17.6. The molecule has 4 rings (SSSR count). The Morgan fingerprint density at radius 2 is 1.75 bits per heavy atom. The van der Waals surface area contributed by atoms with E-state index in [2.05, 4.69) is 10.0 Å². The van der Waals surface area contributed by atoms with Crippen molar-refractivity contribution in [3.8, 4) is 17.2 Å². The van der Waals surface area contributed by atoms with E-state index < -0.39 is 12.1 Å². The molecule has 1 heterocycles. The van der Waals surface area contributed by atoms with Gasteiger partial charge in [0, 0.05) is 24.2 Å². The number of methoxy groups -OCH3 is 4. The molecule has 1 aliphatic heterocycles. The fourth-order valence-corrected chi connectivity index (χ4v) is 4.44. The first-order valence-electron chi connectivity index (χ1n) is 11.3. The van der Waals surface area contributed by atoms with Gasteiger partial charge < -0.3 is 28.6 Å². The average Bonchev–Trinajstić information content (AvgIpc) is 2.92. The van der Waals surface area contributed by atoms with E-state index in [9.17, 15) is 4.79 Å². The summed E-state index contributed by atoms with van der Waals surface area (Å²) in [5.41, 5.74) is 11.5. The number of hydrogen-bond donors (Lipinski definition) is 0. The van der Waals surface area contributed by atoms with Crippen LogP contribution in [-0.4, -0.2) is 52.5 Å². The van der Waals surface area contributed by atoms with Crippen LogP contribution in [0.5, 0.6) is 17.2 Å². The molecule has 0 spiro atoms. The lowest BCUT2D eigenvalue weighted by Gasteiger charge is -2.46. The minimum atomic E-state index is -0.897. The van der Waals surface area contributed by atoms with E-state index in [-0.39, 0.29) is 12.0 Å². The Morgan fingerprint density at radius 3 is 2.33 bits per heavy atom. The molecule has 10 nitrogen and oxygen atoms in total. The van der Waals surface area contributed by atoms with Gasteiger partial charge in [-0.1, -0.05) is 41.5 Å². The van der Waals surface area contributed by atoms with Gasteiger partial charge in [0.2, 0.25) is 11.7 Å². The van der Waals surface area contributed by atoms with Crippen LogP contribution >= 0.6 is 0 Å². The van der Waals surface area contributed by atoms with Crippen LogP contribution in [0.2, 0.25) is 0 Å². The Hall–Kier alpha value is -4.14. The van der Waals surface area contributed by atoms with Gasteiger partial charge in [0.05, 0.1) is 33.1 Å². The summed E-state index contributed by atoms with van der Waals surface area (Å²) in [6.45, 7) is 0.375. The minimum absolute atomic E-state index is 0.263. The van der Waals surface area contributed by atoms with Crippen LogP contribution in [0.1, 0.15) is 12.0 Å². The molecule has 1 aliphatic carbocycles. The zero-order valence-corrected chi connectivity index (χ0v) is 20.6. The molecule has 1 amide bonds. The fraction of sp³-hybridized carbons (Fsp3) is 0.346. The van der Waals surface area contributed by atoms with Gasteiger partial charge in [-0.2, -0.15) is 0 Å². The van der Waals surface area contributed by atoms with Crippen LogP contribution in [0.4, 0.5) is 5.69 Å². The molecule has 0 N–H and O–H groups in total. The molecule has 0 bridgehead atoms. The van der Waals surface area contributed by atoms with Crippen LogP contribution in [0, 0.1) is 0 Å². The molecule has 2 aliphatic rings. The van der Waals surface area contributed by atoms with Gasteiger partial charge in [-0.05, 0) is 29.2 Å². The van der Waals surface area contributed by atoms with E-state index in [4.69, 9.17) is 29.2 Å². The number of anilines is 1. The number of ether oxygens (including phenoxy) is 5. The molecule has 2 aromatic rings. The minimum Gasteiger partial charge on any atom is -0.493 e. The summed E-state index contributed by atoms with van der Waals surface area (Å²) in [6.07, 6.45) is 4.12. The van der Waals surface area contributed by atoms with Crippen LogP contribution in [0.3, 0.4) is 0 Å². The van der Waals surface area contributed by atoms with E-state index >= 15 is 0 Å². The van der Waals surface area contributed by atoms with Crippen molar-refractivity contribution in [2.24, 2.45) is 5.11 Å². The second-order valence-corrected chi connectivity index (χ2v) is 8.17. The van der Waals surface area contributed by atoms with Crippen LogP contribution in [-0.2, 0) is 20.9 Å². The zero-order valence-electron chi connectivity index (χ0n) is 20.6. The lowest BCUT2D eigenvalue weighted by atomic mass is 9.84. The third kappa shape index (κ3) is 4.68. The molecule has 188 valence electrons. The molecular formula is C26H28N4O6. The van der Waals surface area contributed by atoms with Gasteiger partial charge >= 0.3 is 0 Å². The third-order valence-electron chi connectivity index (χ3n) is 6.24. The maximum atomic E-state index is 13.1. The standard InChI is InChI=1S/C26H28N4O6/c1-32-19-11-10-17(12-20(19)36-15-16-8-6-5-7-9-16)24-23(28-29-27)26(31)30(24)18-13-21(33-2)25(35-4)22(14-18)34-3/h5-10,12-14,19,23-24H,11,15H2,1-4H3/t19?,23?,24-/m0/s1. The van der Waals surface area contributed by atoms with E-state index in [0.29, 0.717) is 41.7 Å². The number of amides is 1. The first-order valence-corrected chi connectivity index (χ1v) is 11.3. The van der Waals surface area contributed by atoms with Gasteiger partial charge in [0.25, 0.3) is 0 Å². The molecule has 2 unspecified atom stereocenters. The first-order chi connectivity index (χ1) is 17.6. The maximum Gasteiger partial charge on any atom is 0.239 e. The van der Waals surface area contributed by atoms with Crippen molar-refractivity contribution in [2.75, 3.05) is 33.3 Å². The van der Waals surface area contributed by atoms with E-state index in [0.717, 1.165) is 11.1 Å². The van der Waals surface area contributed by atoms with Gasteiger partial charge in [0.15, 0.2) is 11.5 Å². The Bertz CT molecular complexity index is 1200. The Kier molecular flexibility index (Phi) is 7.68. The lowest BCUT2D eigenvalue weighted by Crippen LogP contribution is -2.65. The number of benzene rings is 2. The number of rotatable bonds is 10. The van der Waals surface area contributed by atoms with Crippen molar-refractivity contribution in [2.45, 2.75) is 31.2 Å². The summed E-state index contributed by atoms with van der Waals surface area (Å²) in [7, 11) is 6.15. The van der Waals surface area contributed by atoms with E-state index in [1.54, 1.807) is 24.1 Å². The topological polar surface area (TPSA) is 115 Å². The van der Waals surface area contributed by atoms with Crippen molar-refractivity contribution < 1.29 is 28.5 Å². The lowest BCUT2D eigenvalue weighted by molar-refractivity contribution is -0.125. The highest BCUT2D eigenvalue weighted by Gasteiger charge is 2.50. The molecule has 10 heteroatoms. The monoisotopic (exact) mass is 492 g/mol. The van der Waals surface area contributed by atoms with Crippen LogP contribution in [0.25, 0.3) is 10.4 Å². The first kappa shape index (κ1) is 25.0. The smallest absolute Gasteiger partial charge is 0.239 e. The quantitative estimate of drug-likeness (QED) is 0.208. The zero-order chi connectivity index (χ0) is 25.7. The van der Waals surface area contributed by atoms with Crippen LogP contribution < -0.4 is 19.1 Å². The summed E-state index contributed by atoms with van der Waals surface area (Å²) in [5.74, 6) is 1.54. The predicted octanol–water partition coefficient (Wildman–Crippen LogP) is 4.55. The SMILES string of the molecule is COc1cc(N2C(=O)C(N=[N+]=[N-])[C@@H]2C2=CCC(OC)C(OCc3ccccc3)=C2)cc(OC)c1OC. The van der Waals surface area contributed by atoms with Crippen molar-refractivity contribution in [3.05, 3.63) is 82.0 Å². The summed E-state index contributed by atoms with van der Waals surface area (Å²) < 4.78 is 28.1. The van der Waals surface area contributed by atoms with Gasteiger partial charge in [-0.25, -0.2) is 0 Å². The highest BCUT2D eigenvalue weighted by atomic mass is 16.5. The number of carbonyl (C=O) groups excluding carboxylic acids is 1. The van der Waals surface area contributed by atoms with Crippen molar-refractivity contribution >= 4 is 11.6 Å². The summed E-state index contributed by atoms with van der Waals surface area (Å²) in [6, 6.07) is 11.8. The maximum absolute atomic E-state index is 13.1. The molecule has 3 atom stereocenters. The largest absolute Gasteiger partial charge is 0.493 e. The summed E-state index contributed by atoms with van der Waals surface area (Å²) >= 11 is 0. The average molecular weight is 493 g/mol. The molecule has 0 saturated carbocycles. The molecule has 2 aromatic carbocycles. The van der Waals surface area contributed by atoms with Crippen molar-refractivity contribution in [1.29, 1.82) is 0 Å². The Morgan fingerprint density at radius 1 is 1.06 bits per heavy atom. The third-order valence-corrected chi connectivity index (χ3v) is 6.24. The number of β-lactam (4-membered cyclic amide) rings is 1. The second kappa shape index (κ2) is 11.1. The molecule has 36 heavy (non-hydrogen) atoms. The fourth-order valence-electron chi connectivity index (χ4n) is 4.44. The van der Waals surface area contributed by atoms with Crippen molar-refractivity contribution in [1.82, 2.24) is 0 Å². The number of carbonyl (C=O) groups is 1. The molecule has 0 aromatic heterocycles. The number of nitrogens with zero attached hydrogens (tertiary/aromatic N) is 4. The summed E-state index contributed by atoms with van der Waals surface area (Å²) in [5, 5.41) is 3.78. The highest BCUT2D eigenvalue weighted by molar-refractivity contribution is 6.07. The normalized spacial score (nSPS) is 20.9. The second-order valence-electron chi connectivity index (χ2n) is 8.17. The molecule has 0 radical (unpaired) electrons. The Labute approximate surface area is 209 Å². The van der Waals surface area contributed by atoms with Gasteiger partial charge in [0.1, 0.15) is 24.5 Å². The van der Waals surface area contributed by atoms with E-state index in [1.165, 1.54) is 21.3 Å². The molecular weight excluding hydrogens is 464 g/mol. The Balaban J connectivity index is 1.69. The highest BCUT2D eigenvalue weighted by Crippen LogP contribution is 2.45. The van der Waals surface area contributed by atoms with Gasteiger partial charge in [-0.15, -0.1) is 0 Å².